The smallest absolute Gasteiger partial charge is 0.0160 e. The Morgan fingerprint density at radius 1 is 0.636 bits per heavy atom. The molecule has 0 unspecified atom stereocenters. The molecular weight excluding hydrogens is 777 g/mol. The van der Waals surface area contributed by atoms with Crippen LogP contribution >= 0.6 is 0 Å². The van der Waals surface area contributed by atoms with Crippen LogP contribution in [0.1, 0.15) is 0 Å². The maximum atomic E-state index is 6.35. The Kier molecular flexibility index (Phi) is 10.1. The Bertz CT molecular complexity index is 1880. The van der Waals surface area contributed by atoms with Gasteiger partial charge in [-0.15, -0.1) is 35.9 Å². The quantitative estimate of drug-likeness (QED) is 0.129. The fourth-order valence-electron chi connectivity index (χ4n) is 4.86. The third-order valence-corrected chi connectivity index (χ3v) is 11.5. The van der Waals surface area contributed by atoms with Gasteiger partial charge >= 0.3 is 180 Å². The van der Waals surface area contributed by atoms with Crippen molar-refractivity contribution in [1.29, 1.82) is 0 Å². The van der Waals surface area contributed by atoms with Crippen molar-refractivity contribution in [2.75, 3.05) is 0 Å². The van der Waals surface area contributed by atoms with E-state index in [1.807, 2.05) is 66.7 Å². The molecular formula is C39H32GeIrN2O-2. The molecule has 0 aliphatic heterocycles. The Balaban J connectivity index is 0.000000248. The molecule has 4 aromatic carbocycles. The SMILES string of the molecule is [CH3][Ge]([CH3])([CH3])[c]1ccc(-c2[c-]c3cc(-c4ccccc4)oc3c(-c3ccccc3)c2)nc1.[Ir].[c-]1ccccc1-c1ccccn1. The van der Waals surface area contributed by atoms with E-state index in [2.05, 4.69) is 101 Å². The van der Waals surface area contributed by atoms with Crippen LogP contribution in [-0.4, -0.2) is 23.2 Å². The molecule has 0 aliphatic rings. The van der Waals surface area contributed by atoms with E-state index < -0.39 is 13.3 Å². The molecule has 0 fully saturated rings. The van der Waals surface area contributed by atoms with Crippen molar-refractivity contribution in [2.45, 2.75) is 17.3 Å². The standard InChI is InChI=1S/C28H24GeNO.C11H8N.Ir/c1-29(2,3)24-14-15-26(30-19-24)22-16-23-18-27(21-12-8-5-9-13-21)31-28(23)25(17-22)20-10-6-4-7-11-20;1-2-6-10(7-3-1)11-8-4-5-9-12-11;/h4-15,17-19H,1-3H3;1-6,8-9H;/q2*-1;. The second-order valence-corrected chi connectivity index (χ2v) is 22.0. The molecule has 0 bridgehead atoms. The number of nitrogens with zero attached hydrogens (tertiary/aromatic N) is 2. The average Bonchev–Trinajstić information content (AvgIpc) is 3.50. The summed E-state index contributed by atoms with van der Waals surface area (Å²) >= 11 is -1.90. The first-order chi connectivity index (χ1) is 21.0. The number of furan rings is 1. The molecule has 3 heterocycles. The van der Waals surface area contributed by atoms with Crippen LogP contribution in [0, 0.1) is 12.1 Å². The number of hydrogen-bond acceptors (Lipinski definition) is 3. The van der Waals surface area contributed by atoms with Gasteiger partial charge in [0.05, 0.1) is 0 Å². The van der Waals surface area contributed by atoms with Gasteiger partial charge in [-0.2, -0.15) is 0 Å². The Morgan fingerprint density at radius 3 is 1.93 bits per heavy atom. The van der Waals surface area contributed by atoms with E-state index in [-0.39, 0.29) is 20.1 Å². The molecule has 0 N–H and O–H groups in total. The zero-order valence-electron chi connectivity index (χ0n) is 24.9. The molecule has 5 heteroatoms. The Labute approximate surface area is 275 Å². The van der Waals surface area contributed by atoms with Gasteiger partial charge in [-0.05, 0) is 11.8 Å². The largest absolute Gasteiger partial charge is 0.305 e. The molecule has 3 aromatic heterocycles. The van der Waals surface area contributed by atoms with Crippen LogP contribution in [-0.2, 0) is 20.1 Å². The van der Waals surface area contributed by atoms with Crippen molar-refractivity contribution in [1.82, 2.24) is 9.97 Å². The van der Waals surface area contributed by atoms with Gasteiger partial charge in [0.2, 0.25) is 0 Å². The third-order valence-electron chi connectivity index (χ3n) is 7.23. The molecule has 0 amide bonds. The molecule has 0 aliphatic carbocycles. The minimum atomic E-state index is -1.90. The van der Waals surface area contributed by atoms with Crippen molar-refractivity contribution in [3.05, 3.63) is 152 Å². The van der Waals surface area contributed by atoms with Gasteiger partial charge in [-0.1, -0.05) is 18.2 Å². The summed E-state index contributed by atoms with van der Waals surface area (Å²) in [7, 11) is 0. The zero-order chi connectivity index (χ0) is 29.6. The first kappa shape index (κ1) is 31.3. The van der Waals surface area contributed by atoms with Crippen molar-refractivity contribution < 1.29 is 24.5 Å². The van der Waals surface area contributed by atoms with Crippen LogP contribution < -0.4 is 4.40 Å². The van der Waals surface area contributed by atoms with E-state index >= 15 is 0 Å². The first-order valence-corrected chi connectivity index (χ1v) is 21.8. The monoisotopic (exact) mass is 811 g/mol. The van der Waals surface area contributed by atoms with E-state index in [4.69, 9.17) is 9.40 Å². The van der Waals surface area contributed by atoms with E-state index in [9.17, 15) is 0 Å². The fraction of sp³-hybridized carbons (Fsp3) is 0.0769. The molecule has 0 atom stereocenters. The van der Waals surface area contributed by atoms with Crippen LogP contribution in [0.3, 0.4) is 0 Å². The third kappa shape index (κ3) is 7.34. The molecule has 219 valence electrons. The minimum Gasteiger partial charge on any atom is -0.305 e. The van der Waals surface area contributed by atoms with Gasteiger partial charge in [0.15, 0.2) is 0 Å². The summed E-state index contributed by atoms with van der Waals surface area (Å²) in [6, 6.07) is 49.6. The summed E-state index contributed by atoms with van der Waals surface area (Å²) in [6.07, 6.45) is 3.84. The molecule has 0 saturated carbocycles. The normalized spacial score (nSPS) is 10.9. The molecule has 7 rings (SSSR count). The van der Waals surface area contributed by atoms with E-state index in [1.54, 1.807) is 6.20 Å². The molecule has 1 radical (unpaired) electrons. The molecule has 0 saturated heterocycles. The van der Waals surface area contributed by atoms with Crippen molar-refractivity contribution in [2.24, 2.45) is 0 Å². The Morgan fingerprint density at radius 2 is 1.32 bits per heavy atom. The van der Waals surface area contributed by atoms with E-state index in [1.165, 1.54) is 4.40 Å². The van der Waals surface area contributed by atoms with Gasteiger partial charge in [0, 0.05) is 26.3 Å². The number of benzene rings is 4. The predicted octanol–water partition coefficient (Wildman–Crippen LogP) is 9.72. The maximum absolute atomic E-state index is 6.35. The summed E-state index contributed by atoms with van der Waals surface area (Å²) in [5, 5.41) is 0.967. The van der Waals surface area contributed by atoms with Gasteiger partial charge in [0.25, 0.3) is 0 Å². The molecule has 44 heavy (non-hydrogen) atoms. The number of pyridine rings is 2. The van der Waals surface area contributed by atoms with Crippen LogP contribution in [0.5, 0.6) is 0 Å². The summed E-state index contributed by atoms with van der Waals surface area (Å²) in [5.41, 5.74) is 8.04. The summed E-state index contributed by atoms with van der Waals surface area (Å²) < 4.78 is 7.76. The van der Waals surface area contributed by atoms with Gasteiger partial charge in [0.1, 0.15) is 0 Å². The van der Waals surface area contributed by atoms with Crippen LogP contribution in [0.15, 0.2) is 144 Å². The van der Waals surface area contributed by atoms with Crippen molar-refractivity contribution in [3.63, 3.8) is 0 Å². The second-order valence-electron chi connectivity index (χ2n) is 11.4. The average molecular weight is 810 g/mol. The fourth-order valence-corrected chi connectivity index (χ4v) is 7.03. The Hall–Kier alpha value is -4.09. The van der Waals surface area contributed by atoms with Crippen LogP contribution in [0.25, 0.3) is 55.9 Å². The van der Waals surface area contributed by atoms with Gasteiger partial charge < -0.3 is 4.98 Å². The minimum absolute atomic E-state index is 0. The summed E-state index contributed by atoms with van der Waals surface area (Å²) in [6.45, 7) is 0. The van der Waals surface area contributed by atoms with Crippen LogP contribution in [0.2, 0.25) is 17.3 Å². The van der Waals surface area contributed by atoms with Crippen molar-refractivity contribution >= 4 is 28.6 Å². The number of fused-ring (bicyclic) bond motifs is 1. The zero-order valence-corrected chi connectivity index (χ0v) is 29.4. The molecule has 7 aromatic rings. The first-order valence-electron chi connectivity index (χ1n) is 14.4. The van der Waals surface area contributed by atoms with Gasteiger partial charge in [-0.25, -0.2) is 0 Å². The van der Waals surface area contributed by atoms with Crippen LogP contribution in [0.4, 0.5) is 0 Å². The van der Waals surface area contributed by atoms with E-state index in [0.29, 0.717) is 0 Å². The van der Waals surface area contributed by atoms with Gasteiger partial charge in [-0.3, -0.25) is 0 Å². The second kappa shape index (κ2) is 14.1. The summed E-state index contributed by atoms with van der Waals surface area (Å²) in [4.78, 5) is 9.02. The topological polar surface area (TPSA) is 38.9 Å². The predicted molar refractivity (Wildman–Crippen MR) is 181 cm³/mol. The van der Waals surface area contributed by atoms with E-state index in [0.717, 1.165) is 55.9 Å². The molecule has 3 nitrogen and oxygen atoms in total. The number of hydrogen-bond donors (Lipinski definition) is 0. The number of rotatable bonds is 5. The number of aromatic nitrogens is 2. The summed E-state index contributed by atoms with van der Waals surface area (Å²) in [5.74, 6) is 8.02. The van der Waals surface area contributed by atoms with Crippen molar-refractivity contribution in [3.8, 4) is 45.0 Å². The maximum Gasteiger partial charge on any atom is 0.0160 e. The molecule has 0 spiro atoms.